The average molecular weight is 324 g/mol. The van der Waals surface area contributed by atoms with Gasteiger partial charge in [0.05, 0.1) is 17.2 Å². The number of alkyl halides is 3. The lowest BCUT2D eigenvalue weighted by Gasteiger charge is -2.14. The molecule has 0 radical (unpaired) electrons. The zero-order valence-electron chi connectivity index (χ0n) is 12.3. The van der Waals surface area contributed by atoms with Crippen LogP contribution < -0.4 is 5.32 Å². The Bertz CT molecular complexity index is 684. The van der Waals surface area contributed by atoms with Crippen LogP contribution in [0.1, 0.15) is 33.3 Å². The Kier molecular flexibility index (Phi) is 5.00. The minimum Gasteiger partial charge on any atom is -0.387 e. The lowest BCUT2D eigenvalue weighted by atomic mass is 10.1. The molecule has 2 rings (SSSR count). The molecule has 0 fully saturated rings. The van der Waals surface area contributed by atoms with Gasteiger partial charge < -0.3 is 10.4 Å². The first-order valence-corrected chi connectivity index (χ1v) is 6.83. The highest BCUT2D eigenvalue weighted by molar-refractivity contribution is 5.93. The Morgan fingerprint density at radius 3 is 2.65 bits per heavy atom. The fourth-order valence-corrected chi connectivity index (χ4v) is 1.93. The van der Waals surface area contributed by atoms with Crippen molar-refractivity contribution < 1.29 is 23.1 Å². The number of hydrogen-bond acceptors (Lipinski definition) is 3. The summed E-state index contributed by atoms with van der Waals surface area (Å²) in [6, 6.07) is 7.62. The third-order valence-electron chi connectivity index (χ3n) is 3.23. The van der Waals surface area contributed by atoms with E-state index in [2.05, 4.69) is 10.3 Å². The molecule has 1 aromatic heterocycles. The third-order valence-corrected chi connectivity index (χ3v) is 3.23. The number of carbonyl (C=O) groups is 1. The van der Waals surface area contributed by atoms with Crippen LogP contribution in [0.2, 0.25) is 0 Å². The maximum Gasteiger partial charge on any atom is 0.416 e. The van der Waals surface area contributed by atoms with Crippen molar-refractivity contribution in [3.63, 3.8) is 0 Å². The number of aliphatic hydroxyl groups excluding tert-OH is 1. The van der Waals surface area contributed by atoms with Gasteiger partial charge in [-0.15, -0.1) is 0 Å². The summed E-state index contributed by atoms with van der Waals surface area (Å²) >= 11 is 0. The Morgan fingerprint density at radius 2 is 2.04 bits per heavy atom. The maximum atomic E-state index is 12.6. The summed E-state index contributed by atoms with van der Waals surface area (Å²) in [5.74, 6) is -0.455. The second-order valence-corrected chi connectivity index (χ2v) is 5.04. The smallest absolute Gasteiger partial charge is 0.387 e. The van der Waals surface area contributed by atoms with Crippen molar-refractivity contribution in [3.8, 4) is 0 Å². The van der Waals surface area contributed by atoms with Gasteiger partial charge in [0.25, 0.3) is 5.91 Å². The summed E-state index contributed by atoms with van der Waals surface area (Å²) in [7, 11) is 0. The predicted molar refractivity (Wildman–Crippen MR) is 77.7 cm³/mol. The van der Waals surface area contributed by atoms with E-state index in [-0.39, 0.29) is 12.1 Å². The molecule has 2 N–H and O–H groups in total. The van der Waals surface area contributed by atoms with E-state index in [9.17, 15) is 23.1 Å². The van der Waals surface area contributed by atoms with Crippen LogP contribution >= 0.6 is 0 Å². The second kappa shape index (κ2) is 6.78. The van der Waals surface area contributed by atoms with Crippen LogP contribution in [0.25, 0.3) is 0 Å². The SMILES string of the molecule is Cc1ccc(C(=O)NC[C@H](O)c2cccc(C(F)(F)F)c2)cn1. The molecule has 122 valence electrons. The van der Waals surface area contributed by atoms with Crippen LogP contribution in [0, 0.1) is 6.92 Å². The quantitative estimate of drug-likeness (QED) is 0.909. The van der Waals surface area contributed by atoms with Gasteiger partial charge in [-0.25, -0.2) is 0 Å². The van der Waals surface area contributed by atoms with Crippen LogP contribution in [0.15, 0.2) is 42.6 Å². The van der Waals surface area contributed by atoms with E-state index in [1.165, 1.54) is 18.3 Å². The largest absolute Gasteiger partial charge is 0.416 e. The number of nitrogens with one attached hydrogen (secondary N) is 1. The molecule has 1 aromatic carbocycles. The minimum absolute atomic E-state index is 0.0853. The van der Waals surface area contributed by atoms with E-state index in [4.69, 9.17) is 0 Å². The van der Waals surface area contributed by atoms with Crippen molar-refractivity contribution in [2.45, 2.75) is 19.2 Å². The number of benzene rings is 1. The monoisotopic (exact) mass is 324 g/mol. The molecule has 0 bridgehead atoms. The summed E-state index contributed by atoms with van der Waals surface area (Å²) in [5, 5.41) is 12.4. The fourth-order valence-electron chi connectivity index (χ4n) is 1.93. The second-order valence-electron chi connectivity index (χ2n) is 5.04. The van der Waals surface area contributed by atoms with Gasteiger partial charge in [0, 0.05) is 18.4 Å². The van der Waals surface area contributed by atoms with Crippen molar-refractivity contribution in [1.82, 2.24) is 10.3 Å². The number of amides is 1. The van der Waals surface area contributed by atoms with Crippen molar-refractivity contribution in [2.24, 2.45) is 0 Å². The van der Waals surface area contributed by atoms with E-state index in [0.717, 1.165) is 17.8 Å². The molecule has 0 spiro atoms. The molecule has 23 heavy (non-hydrogen) atoms. The molecule has 0 unspecified atom stereocenters. The van der Waals surface area contributed by atoms with E-state index >= 15 is 0 Å². The first-order chi connectivity index (χ1) is 10.8. The molecule has 0 saturated heterocycles. The molecule has 1 heterocycles. The van der Waals surface area contributed by atoms with Gasteiger partial charge in [-0.3, -0.25) is 9.78 Å². The Balaban J connectivity index is 2.01. The summed E-state index contributed by atoms with van der Waals surface area (Å²) in [6.07, 6.45) is -4.33. The van der Waals surface area contributed by atoms with Crippen LogP contribution in [0.4, 0.5) is 13.2 Å². The summed E-state index contributed by atoms with van der Waals surface area (Å²) in [4.78, 5) is 15.9. The Labute approximate surface area is 131 Å². The molecular formula is C16H15F3N2O2. The molecule has 1 atom stereocenters. The predicted octanol–water partition coefficient (Wildman–Crippen LogP) is 2.87. The number of aryl methyl sites for hydroxylation is 1. The molecule has 7 heteroatoms. The molecular weight excluding hydrogens is 309 g/mol. The van der Waals surface area contributed by atoms with Gasteiger partial charge >= 0.3 is 6.18 Å². The number of rotatable bonds is 4. The Hall–Kier alpha value is -2.41. The van der Waals surface area contributed by atoms with Crippen molar-refractivity contribution in [3.05, 3.63) is 65.0 Å². The van der Waals surface area contributed by atoms with Crippen LogP contribution in [-0.2, 0) is 6.18 Å². The zero-order chi connectivity index (χ0) is 17.0. The van der Waals surface area contributed by atoms with Crippen LogP contribution in [-0.4, -0.2) is 22.5 Å². The van der Waals surface area contributed by atoms with Crippen molar-refractivity contribution >= 4 is 5.91 Å². The maximum absolute atomic E-state index is 12.6. The standard InChI is InChI=1S/C16H15F3N2O2/c1-10-5-6-12(8-20-10)15(23)21-9-14(22)11-3-2-4-13(7-11)16(17,18)19/h2-8,14,22H,9H2,1H3,(H,21,23)/t14-/m0/s1. The van der Waals surface area contributed by atoms with Crippen LogP contribution in [0.3, 0.4) is 0 Å². The fraction of sp³-hybridized carbons (Fsp3) is 0.250. The minimum atomic E-state index is -4.48. The molecule has 0 aliphatic heterocycles. The third kappa shape index (κ3) is 4.53. The number of aromatic nitrogens is 1. The van der Waals surface area contributed by atoms with Gasteiger partial charge in [-0.1, -0.05) is 12.1 Å². The summed E-state index contributed by atoms with van der Waals surface area (Å²) in [6.45, 7) is 1.58. The molecule has 1 amide bonds. The number of carbonyl (C=O) groups excluding carboxylic acids is 1. The molecule has 0 saturated carbocycles. The van der Waals surface area contributed by atoms with Gasteiger partial charge in [0.1, 0.15) is 0 Å². The van der Waals surface area contributed by atoms with Gasteiger partial charge in [-0.2, -0.15) is 13.2 Å². The van der Waals surface area contributed by atoms with Crippen molar-refractivity contribution in [1.29, 1.82) is 0 Å². The first-order valence-electron chi connectivity index (χ1n) is 6.83. The molecule has 2 aromatic rings. The number of pyridine rings is 1. The molecule has 0 aliphatic carbocycles. The lowest BCUT2D eigenvalue weighted by molar-refractivity contribution is -0.137. The van der Waals surface area contributed by atoms with Gasteiger partial charge in [0.2, 0.25) is 0 Å². The van der Waals surface area contributed by atoms with Crippen LogP contribution in [0.5, 0.6) is 0 Å². The highest BCUT2D eigenvalue weighted by atomic mass is 19.4. The zero-order valence-corrected chi connectivity index (χ0v) is 12.3. The van der Waals surface area contributed by atoms with E-state index in [1.54, 1.807) is 19.1 Å². The number of nitrogens with zero attached hydrogens (tertiary/aromatic N) is 1. The molecule has 4 nitrogen and oxygen atoms in total. The summed E-state index contributed by atoms with van der Waals surface area (Å²) < 4.78 is 37.9. The molecule has 0 aliphatic rings. The van der Waals surface area contributed by atoms with Gasteiger partial charge in [-0.05, 0) is 36.8 Å². The number of hydrogen-bond donors (Lipinski definition) is 2. The lowest BCUT2D eigenvalue weighted by Crippen LogP contribution is -2.28. The van der Waals surface area contributed by atoms with E-state index < -0.39 is 23.8 Å². The topological polar surface area (TPSA) is 62.2 Å². The van der Waals surface area contributed by atoms with E-state index in [0.29, 0.717) is 5.56 Å². The average Bonchev–Trinajstić information content (AvgIpc) is 2.52. The van der Waals surface area contributed by atoms with E-state index in [1.807, 2.05) is 0 Å². The Morgan fingerprint density at radius 1 is 1.30 bits per heavy atom. The highest BCUT2D eigenvalue weighted by Gasteiger charge is 2.30. The van der Waals surface area contributed by atoms with Crippen molar-refractivity contribution in [2.75, 3.05) is 6.54 Å². The van der Waals surface area contributed by atoms with Gasteiger partial charge in [0.15, 0.2) is 0 Å². The normalized spacial score (nSPS) is 12.7. The number of halogens is 3. The first kappa shape index (κ1) is 17.0. The summed E-state index contributed by atoms with van der Waals surface area (Å²) in [5.41, 5.74) is 0.308. The number of aliphatic hydroxyl groups is 1. The highest BCUT2D eigenvalue weighted by Crippen LogP contribution is 2.30.